The van der Waals surface area contributed by atoms with Gasteiger partial charge >= 0.3 is 0 Å². The van der Waals surface area contributed by atoms with Crippen molar-refractivity contribution in [3.63, 3.8) is 0 Å². The van der Waals surface area contributed by atoms with Crippen LogP contribution in [0.4, 0.5) is 0 Å². The molecule has 0 bridgehead atoms. The number of hydrogen-bond acceptors (Lipinski definition) is 4. The van der Waals surface area contributed by atoms with Gasteiger partial charge in [-0.3, -0.25) is 9.78 Å². The molecule has 140 valence electrons. The van der Waals surface area contributed by atoms with E-state index < -0.39 is 10.0 Å². The standard InChI is InChI=1S/C19H25N3O3S/c1-15-13-16-7-5-8-17(19(16)20-14-15)26(24,25)21-10-6-12-22-11-4-2-3-9-18(22)23/h5,7-8,13-14,21H,2-4,6,9-12H2,1H3. The van der Waals surface area contributed by atoms with Crippen molar-refractivity contribution in [2.24, 2.45) is 0 Å². The number of amides is 1. The molecule has 0 saturated carbocycles. The maximum Gasteiger partial charge on any atom is 0.242 e. The van der Waals surface area contributed by atoms with E-state index in [1.54, 1.807) is 18.3 Å². The number of aryl methyl sites for hydroxylation is 1. The number of para-hydroxylation sites is 1. The van der Waals surface area contributed by atoms with Crippen LogP contribution in [-0.2, 0) is 14.8 Å². The monoisotopic (exact) mass is 375 g/mol. The number of sulfonamides is 1. The van der Waals surface area contributed by atoms with E-state index in [9.17, 15) is 13.2 Å². The second-order valence-corrected chi connectivity index (χ2v) is 8.52. The van der Waals surface area contributed by atoms with Gasteiger partial charge < -0.3 is 4.90 Å². The van der Waals surface area contributed by atoms with Gasteiger partial charge in [0.05, 0.1) is 5.52 Å². The molecular weight excluding hydrogens is 350 g/mol. The van der Waals surface area contributed by atoms with Crippen LogP contribution in [0.5, 0.6) is 0 Å². The van der Waals surface area contributed by atoms with Gasteiger partial charge in [0.2, 0.25) is 15.9 Å². The van der Waals surface area contributed by atoms with Gasteiger partial charge in [0, 0.05) is 37.6 Å². The number of hydrogen-bond donors (Lipinski definition) is 1. The topological polar surface area (TPSA) is 79.4 Å². The molecule has 2 aromatic rings. The minimum Gasteiger partial charge on any atom is -0.343 e. The summed E-state index contributed by atoms with van der Waals surface area (Å²) in [6, 6.07) is 7.09. The van der Waals surface area contributed by atoms with E-state index in [1.807, 2.05) is 24.0 Å². The van der Waals surface area contributed by atoms with Crippen molar-refractivity contribution < 1.29 is 13.2 Å². The van der Waals surface area contributed by atoms with Gasteiger partial charge in [-0.2, -0.15) is 0 Å². The van der Waals surface area contributed by atoms with Crippen LogP contribution in [0.2, 0.25) is 0 Å². The number of carbonyl (C=O) groups excluding carboxylic acids is 1. The highest BCUT2D eigenvalue weighted by Gasteiger charge is 2.19. The van der Waals surface area contributed by atoms with Crippen molar-refractivity contribution in [2.75, 3.05) is 19.6 Å². The van der Waals surface area contributed by atoms with Crippen molar-refractivity contribution >= 4 is 26.8 Å². The third kappa shape index (κ3) is 4.40. The molecule has 0 unspecified atom stereocenters. The van der Waals surface area contributed by atoms with Gasteiger partial charge in [0.25, 0.3) is 0 Å². The zero-order valence-electron chi connectivity index (χ0n) is 15.1. The molecule has 3 rings (SSSR count). The van der Waals surface area contributed by atoms with Gasteiger partial charge in [0.15, 0.2) is 0 Å². The second kappa shape index (κ2) is 8.14. The summed E-state index contributed by atoms with van der Waals surface area (Å²) in [5.41, 5.74) is 1.47. The largest absolute Gasteiger partial charge is 0.343 e. The zero-order valence-corrected chi connectivity index (χ0v) is 15.9. The number of benzene rings is 1. The quantitative estimate of drug-likeness (QED) is 0.787. The summed E-state index contributed by atoms with van der Waals surface area (Å²) in [4.78, 5) is 18.3. The molecule has 1 aliphatic rings. The summed E-state index contributed by atoms with van der Waals surface area (Å²) in [5, 5.41) is 0.808. The van der Waals surface area contributed by atoms with Crippen LogP contribution in [0.3, 0.4) is 0 Å². The molecule has 0 aliphatic carbocycles. The predicted octanol–water partition coefficient (Wildman–Crippen LogP) is 2.61. The fourth-order valence-electron chi connectivity index (χ4n) is 3.29. The van der Waals surface area contributed by atoms with Gasteiger partial charge in [-0.25, -0.2) is 13.1 Å². The Kier molecular flexibility index (Phi) is 5.88. The third-order valence-electron chi connectivity index (χ3n) is 4.67. The summed E-state index contributed by atoms with van der Waals surface area (Å²) >= 11 is 0. The molecule has 1 aromatic heterocycles. The third-order valence-corrected chi connectivity index (χ3v) is 6.16. The number of nitrogens with zero attached hydrogens (tertiary/aromatic N) is 2. The van der Waals surface area contributed by atoms with Crippen LogP contribution in [0, 0.1) is 6.92 Å². The Morgan fingerprint density at radius 2 is 2.08 bits per heavy atom. The molecule has 1 amide bonds. The molecule has 0 radical (unpaired) electrons. The Balaban J connectivity index is 1.63. The fourth-order valence-corrected chi connectivity index (χ4v) is 4.54. The maximum absolute atomic E-state index is 12.7. The molecule has 1 N–H and O–H groups in total. The molecule has 6 nitrogen and oxygen atoms in total. The first-order valence-electron chi connectivity index (χ1n) is 9.10. The van der Waals surface area contributed by atoms with Crippen molar-refractivity contribution in [3.8, 4) is 0 Å². The Morgan fingerprint density at radius 1 is 1.23 bits per heavy atom. The number of likely N-dealkylation sites (tertiary alicyclic amines) is 1. The molecule has 1 saturated heterocycles. The lowest BCUT2D eigenvalue weighted by Crippen LogP contribution is -2.34. The van der Waals surface area contributed by atoms with Crippen molar-refractivity contribution in [3.05, 3.63) is 36.0 Å². The molecule has 1 aromatic carbocycles. The Morgan fingerprint density at radius 3 is 2.92 bits per heavy atom. The van der Waals surface area contributed by atoms with Crippen LogP contribution >= 0.6 is 0 Å². The van der Waals surface area contributed by atoms with Crippen molar-refractivity contribution in [2.45, 2.75) is 43.9 Å². The lowest BCUT2D eigenvalue weighted by Gasteiger charge is -2.20. The summed E-state index contributed by atoms with van der Waals surface area (Å²) in [7, 11) is -3.64. The van der Waals surface area contributed by atoms with Gasteiger partial charge in [-0.15, -0.1) is 0 Å². The molecule has 1 aliphatic heterocycles. The highest BCUT2D eigenvalue weighted by molar-refractivity contribution is 7.89. The highest BCUT2D eigenvalue weighted by atomic mass is 32.2. The molecule has 2 heterocycles. The first-order chi connectivity index (χ1) is 12.5. The Bertz CT molecular complexity index is 896. The molecular formula is C19H25N3O3S. The van der Waals surface area contributed by atoms with E-state index >= 15 is 0 Å². The Hall–Kier alpha value is -1.99. The second-order valence-electron chi connectivity index (χ2n) is 6.78. The first-order valence-corrected chi connectivity index (χ1v) is 10.6. The van der Waals surface area contributed by atoms with Crippen LogP contribution in [0.1, 0.15) is 37.7 Å². The van der Waals surface area contributed by atoms with Gasteiger partial charge in [-0.05, 0) is 43.9 Å². The molecule has 26 heavy (non-hydrogen) atoms. The van der Waals surface area contributed by atoms with E-state index in [1.165, 1.54) is 0 Å². The minimum atomic E-state index is -3.64. The molecule has 0 atom stereocenters. The number of rotatable bonds is 6. The van der Waals surface area contributed by atoms with Gasteiger partial charge in [0.1, 0.15) is 4.90 Å². The summed E-state index contributed by atoms with van der Waals surface area (Å²) < 4.78 is 28.0. The van der Waals surface area contributed by atoms with Crippen LogP contribution in [0.15, 0.2) is 35.4 Å². The zero-order chi connectivity index (χ0) is 18.6. The number of pyridine rings is 1. The average molecular weight is 375 g/mol. The molecule has 0 spiro atoms. The summed E-state index contributed by atoms with van der Waals surface area (Å²) in [6.07, 6.45) is 5.94. The maximum atomic E-state index is 12.7. The highest BCUT2D eigenvalue weighted by Crippen LogP contribution is 2.21. The predicted molar refractivity (Wildman–Crippen MR) is 101 cm³/mol. The van der Waals surface area contributed by atoms with Crippen LogP contribution in [0.25, 0.3) is 10.9 Å². The fraction of sp³-hybridized carbons (Fsp3) is 0.474. The van der Waals surface area contributed by atoms with Crippen molar-refractivity contribution in [1.82, 2.24) is 14.6 Å². The lowest BCUT2D eigenvalue weighted by atomic mass is 10.2. The molecule has 1 fully saturated rings. The number of carbonyl (C=O) groups is 1. The van der Waals surface area contributed by atoms with E-state index in [4.69, 9.17) is 0 Å². The van der Waals surface area contributed by atoms with E-state index in [2.05, 4.69) is 9.71 Å². The SMILES string of the molecule is Cc1cnc2c(S(=O)(=O)NCCCN3CCCCCC3=O)cccc2c1. The van der Waals surface area contributed by atoms with Crippen LogP contribution < -0.4 is 4.72 Å². The van der Waals surface area contributed by atoms with Crippen molar-refractivity contribution in [1.29, 1.82) is 0 Å². The minimum absolute atomic E-state index is 0.180. The lowest BCUT2D eigenvalue weighted by molar-refractivity contribution is -0.130. The normalized spacial score (nSPS) is 16.0. The number of nitrogens with one attached hydrogen (secondary N) is 1. The summed E-state index contributed by atoms with van der Waals surface area (Å²) in [5.74, 6) is 0.180. The van der Waals surface area contributed by atoms with Crippen LogP contribution in [-0.4, -0.2) is 43.8 Å². The van der Waals surface area contributed by atoms with E-state index in [-0.39, 0.29) is 10.8 Å². The average Bonchev–Trinajstić information content (AvgIpc) is 2.82. The molecule has 7 heteroatoms. The smallest absolute Gasteiger partial charge is 0.242 e. The number of aromatic nitrogens is 1. The van der Waals surface area contributed by atoms with Gasteiger partial charge in [-0.1, -0.05) is 18.6 Å². The van der Waals surface area contributed by atoms with E-state index in [0.717, 1.165) is 36.8 Å². The summed E-state index contributed by atoms with van der Waals surface area (Å²) in [6.45, 7) is 3.59. The Labute approximate surface area is 154 Å². The first kappa shape index (κ1) is 18.8. The van der Waals surface area contributed by atoms with E-state index in [0.29, 0.717) is 31.4 Å². The number of fused-ring (bicyclic) bond motifs is 1.